The summed E-state index contributed by atoms with van der Waals surface area (Å²) in [6.45, 7) is 2.17. The van der Waals surface area contributed by atoms with Gasteiger partial charge in [0, 0.05) is 31.1 Å². The zero-order valence-electron chi connectivity index (χ0n) is 31.7. The van der Waals surface area contributed by atoms with E-state index in [1.165, 1.54) is 14.2 Å². The summed E-state index contributed by atoms with van der Waals surface area (Å²) in [6, 6.07) is 29.8. The zero-order chi connectivity index (χ0) is 38.3. The fourth-order valence-electron chi connectivity index (χ4n) is 6.57. The molecule has 1 aliphatic rings. The molecule has 1 saturated heterocycles. The van der Waals surface area contributed by atoms with Crippen LogP contribution in [0.2, 0.25) is 0 Å². The lowest BCUT2D eigenvalue weighted by molar-refractivity contribution is -0.138. The monoisotopic (exact) mass is 739 g/mol. The number of aliphatic hydroxyl groups excluding tert-OH is 1. The molecule has 1 aliphatic heterocycles. The standard InChI is InChI=1S/C43H53N3O8/c1-45-22-20-34(21-23-45)43(49)46(24-19-31-15-17-35(50-2)18-16-31)28-38(47)37(25-32-11-7-5-8-12-32)44-41(48)30-53-36-26-39(51-3)42(40(27-36)52-4)54-29-33-13-9-6-10-14-33/h5-18,26-27,34,37-38,47H,19-25,28-30H2,1-4H3,(H,44,48)/t37-,38-/m0/s1. The van der Waals surface area contributed by atoms with Crippen molar-refractivity contribution in [3.63, 3.8) is 0 Å². The van der Waals surface area contributed by atoms with Crippen LogP contribution < -0.4 is 29.0 Å². The quantitative estimate of drug-likeness (QED) is 0.134. The van der Waals surface area contributed by atoms with Crippen molar-refractivity contribution in [3.05, 3.63) is 114 Å². The number of benzene rings is 4. The topological polar surface area (TPSA) is 119 Å². The normalized spacial score (nSPS) is 14.4. The number of amides is 2. The predicted molar refractivity (Wildman–Crippen MR) is 207 cm³/mol. The van der Waals surface area contributed by atoms with E-state index >= 15 is 0 Å². The minimum absolute atomic E-state index is 0.0304. The van der Waals surface area contributed by atoms with Gasteiger partial charge in [0.15, 0.2) is 18.1 Å². The van der Waals surface area contributed by atoms with E-state index in [1.807, 2.05) is 84.9 Å². The minimum atomic E-state index is -1.05. The van der Waals surface area contributed by atoms with Gasteiger partial charge in [-0.1, -0.05) is 72.8 Å². The van der Waals surface area contributed by atoms with E-state index in [2.05, 4.69) is 17.3 Å². The summed E-state index contributed by atoms with van der Waals surface area (Å²) in [5.74, 6) is 1.79. The lowest BCUT2D eigenvalue weighted by atomic mass is 9.94. The van der Waals surface area contributed by atoms with Crippen molar-refractivity contribution < 1.29 is 38.4 Å². The lowest BCUT2D eigenvalue weighted by Crippen LogP contribution is -2.53. The van der Waals surface area contributed by atoms with Gasteiger partial charge in [0.1, 0.15) is 18.1 Å². The van der Waals surface area contributed by atoms with E-state index in [4.69, 9.17) is 23.7 Å². The van der Waals surface area contributed by atoms with Crippen molar-refractivity contribution in [2.24, 2.45) is 5.92 Å². The summed E-state index contributed by atoms with van der Waals surface area (Å²) in [7, 11) is 6.74. The molecule has 0 unspecified atom stereocenters. The number of nitrogens with one attached hydrogen (secondary N) is 1. The number of likely N-dealkylation sites (tertiary alicyclic amines) is 1. The number of carbonyl (C=O) groups excluding carboxylic acids is 2. The number of methoxy groups -OCH3 is 3. The van der Waals surface area contributed by atoms with E-state index in [9.17, 15) is 14.7 Å². The minimum Gasteiger partial charge on any atom is -0.497 e. The molecule has 1 fully saturated rings. The highest BCUT2D eigenvalue weighted by atomic mass is 16.5. The van der Waals surface area contributed by atoms with Gasteiger partial charge in [-0.05, 0) is 74.6 Å². The Hall–Kier alpha value is -5.26. The van der Waals surface area contributed by atoms with Crippen LogP contribution in [-0.4, -0.2) is 100 Å². The largest absolute Gasteiger partial charge is 0.497 e. The molecule has 2 amide bonds. The van der Waals surface area contributed by atoms with Gasteiger partial charge in [-0.25, -0.2) is 0 Å². The van der Waals surface area contributed by atoms with Crippen LogP contribution in [0.25, 0.3) is 0 Å². The van der Waals surface area contributed by atoms with Crippen LogP contribution in [0.4, 0.5) is 0 Å². The van der Waals surface area contributed by atoms with Gasteiger partial charge in [0.25, 0.3) is 5.91 Å². The number of hydrogen-bond acceptors (Lipinski definition) is 9. The Labute approximate surface area is 318 Å². The molecule has 54 heavy (non-hydrogen) atoms. The van der Waals surface area contributed by atoms with Crippen LogP contribution in [0.3, 0.4) is 0 Å². The Morgan fingerprint density at radius 3 is 2.00 bits per heavy atom. The van der Waals surface area contributed by atoms with Gasteiger partial charge in [-0.2, -0.15) is 0 Å². The zero-order valence-corrected chi connectivity index (χ0v) is 31.7. The van der Waals surface area contributed by atoms with Crippen LogP contribution >= 0.6 is 0 Å². The molecule has 4 aromatic carbocycles. The maximum absolute atomic E-state index is 14.0. The molecule has 5 rings (SSSR count). The average molecular weight is 740 g/mol. The molecule has 11 nitrogen and oxygen atoms in total. The molecule has 0 spiro atoms. The van der Waals surface area contributed by atoms with E-state index < -0.39 is 18.1 Å². The summed E-state index contributed by atoms with van der Waals surface area (Å²) in [5.41, 5.74) is 2.98. The maximum Gasteiger partial charge on any atom is 0.258 e. The van der Waals surface area contributed by atoms with Crippen molar-refractivity contribution in [2.75, 3.05) is 61.2 Å². The van der Waals surface area contributed by atoms with Crippen LogP contribution in [0.1, 0.15) is 29.5 Å². The van der Waals surface area contributed by atoms with Gasteiger partial charge < -0.3 is 43.9 Å². The Bertz CT molecular complexity index is 1720. The first-order chi connectivity index (χ1) is 26.3. The summed E-state index contributed by atoms with van der Waals surface area (Å²) in [4.78, 5) is 31.5. The van der Waals surface area contributed by atoms with Crippen molar-refractivity contribution in [2.45, 2.75) is 44.4 Å². The summed E-state index contributed by atoms with van der Waals surface area (Å²) >= 11 is 0. The predicted octanol–water partition coefficient (Wildman–Crippen LogP) is 5.17. The third-order valence-electron chi connectivity index (χ3n) is 9.76. The second-order valence-electron chi connectivity index (χ2n) is 13.6. The van der Waals surface area contributed by atoms with Gasteiger partial charge in [0.2, 0.25) is 11.7 Å². The summed E-state index contributed by atoms with van der Waals surface area (Å²) < 4.78 is 28.5. The van der Waals surface area contributed by atoms with E-state index in [1.54, 1.807) is 24.1 Å². The summed E-state index contributed by atoms with van der Waals surface area (Å²) in [5, 5.41) is 14.8. The van der Waals surface area contributed by atoms with Gasteiger partial charge in [-0.15, -0.1) is 0 Å². The lowest BCUT2D eigenvalue weighted by Gasteiger charge is -2.35. The molecule has 11 heteroatoms. The Kier molecular flexibility index (Phi) is 15.0. The van der Waals surface area contributed by atoms with E-state index in [-0.39, 0.29) is 25.0 Å². The molecule has 0 bridgehead atoms. The first kappa shape index (κ1) is 39.9. The fraction of sp³-hybridized carbons (Fsp3) is 0.395. The Morgan fingerprint density at radius 2 is 1.41 bits per heavy atom. The second kappa shape index (κ2) is 20.3. The van der Waals surface area contributed by atoms with Crippen molar-refractivity contribution in [1.82, 2.24) is 15.1 Å². The third kappa shape index (κ3) is 11.6. The third-order valence-corrected chi connectivity index (χ3v) is 9.76. The first-order valence-corrected chi connectivity index (χ1v) is 18.4. The van der Waals surface area contributed by atoms with Gasteiger partial charge in [0.05, 0.1) is 33.5 Å². The molecule has 1 heterocycles. The first-order valence-electron chi connectivity index (χ1n) is 18.4. The van der Waals surface area contributed by atoms with E-state index in [0.717, 1.165) is 48.4 Å². The molecule has 0 aliphatic carbocycles. The number of piperidine rings is 1. The van der Waals surface area contributed by atoms with Crippen LogP contribution in [0, 0.1) is 5.92 Å². The number of aliphatic hydroxyl groups is 1. The molecule has 288 valence electrons. The number of carbonyl (C=O) groups is 2. The van der Waals surface area contributed by atoms with Crippen molar-refractivity contribution in [1.29, 1.82) is 0 Å². The average Bonchev–Trinajstić information content (AvgIpc) is 3.21. The van der Waals surface area contributed by atoms with E-state index in [0.29, 0.717) is 49.0 Å². The SMILES string of the molecule is COc1ccc(CCN(C[C@H](O)[C@H](Cc2ccccc2)NC(=O)COc2cc(OC)c(OCc3ccccc3)c(OC)c2)C(=O)C2CCN(C)CC2)cc1. The van der Waals surface area contributed by atoms with Gasteiger partial charge in [-0.3, -0.25) is 9.59 Å². The molecule has 2 atom stereocenters. The number of ether oxygens (including phenoxy) is 5. The van der Waals surface area contributed by atoms with Crippen molar-refractivity contribution in [3.8, 4) is 28.7 Å². The smallest absolute Gasteiger partial charge is 0.258 e. The fourth-order valence-corrected chi connectivity index (χ4v) is 6.57. The molecular weight excluding hydrogens is 686 g/mol. The van der Waals surface area contributed by atoms with Crippen LogP contribution in [0.5, 0.6) is 28.7 Å². The molecule has 4 aromatic rings. The highest BCUT2D eigenvalue weighted by Crippen LogP contribution is 2.41. The Morgan fingerprint density at radius 1 is 0.796 bits per heavy atom. The molecular formula is C43H53N3O8. The van der Waals surface area contributed by atoms with Crippen LogP contribution in [-0.2, 0) is 29.0 Å². The second-order valence-corrected chi connectivity index (χ2v) is 13.6. The number of nitrogens with zero attached hydrogens (tertiary/aromatic N) is 2. The Balaban J connectivity index is 1.28. The maximum atomic E-state index is 14.0. The molecule has 0 aromatic heterocycles. The highest BCUT2D eigenvalue weighted by Gasteiger charge is 2.31. The summed E-state index contributed by atoms with van der Waals surface area (Å²) in [6.07, 6.45) is 1.45. The number of hydrogen-bond donors (Lipinski definition) is 2. The van der Waals surface area contributed by atoms with Crippen molar-refractivity contribution >= 4 is 11.8 Å². The van der Waals surface area contributed by atoms with Gasteiger partial charge >= 0.3 is 0 Å². The highest BCUT2D eigenvalue weighted by molar-refractivity contribution is 5.79. The van der Waals surface area contributed by atoms with Crippen LogP contribution in [0.15, 0.2) is 97.1 Å². The molecule has 0 saturated carbocycles. The molecule has 0 radical (unpaired) electrons. The number of rotatable bonds is 19. The molecule has 2 N–H and O–H groups in total.